The van der Waals surface area contributed by atoms with Gasteiger partial charge in [0.05, 0.1) is 22.4 Å². The molecule has 0 saturated carbocycles. The molecule has 1 unspecified atom stereocenters. The summed E-state index contributed by atoms with van der Waals surface area (Å²) in [4.78, 5) is 0. The van der Waals surface area contributed by atoms with Crippen LogP contribution in [0.2, 0.25) is 0 Å². The molecule has 2 nitrogen and oxygen atoms in total. The van der Waals surface area contributed by atoms with Crippen LogP contribution in [0.1, 0.15) is 24.8 Å². The number of hydrogen-bond donors (Lipinski definition) is 0. The Morgan fingerprint density at radius 3 is 2.61 bits per heavy atom. The summed E-state index contributed by atoms with van der Waals surface area (Å²) >= 11 is 0. The van der Waals surface area contributed by atoms with Crippen molar-refractivity contribution in [1.82, 2.24) is 0 Å². The van der Waals surface area contributed by atoms with E-state index in [4.69, 9.17) is 9.47 Å². The highest BCUT2D eigenvalue weighted by Crippen LogP contribution is 2.29. The first-order valence-corrected chi connectivity index (χ1v) is 6.18. The summed E-state index contributed by atoms with van der Waals surface area (Å²) in [6.45, 7) is 0.627. The van der Waals surface area contributed by atoms with E-state index in [0.29, 0.717) is 12.4 Å². The van der Waals surface area contributed by atoms with Crippen LogP contribution in [-0.2, 0) is 10.9 Å². The fourth-order valence-electron chi connectivity index (χ4n) is 1.75. The number of benzene rings is 1. The first-order chi connectivity index (χ1) is 8.47. The second-order valence-electron chi connectivity index (χ2n) is 4.12. The molecule has 1 aromatic rings. The molecule has 3 radical (unpaired) electrons. The van der Waals surface area contributed by atoms with Crippen LogP contribution >= 0.6 is 0 Å². The molecule has 1 aliphatic rings. The van der Waals surface area contributed by atoms with Crippen molar-refractivity contribution in [3.8, 4) is 5.75 Å². The van der Waals surface area contributed by atoms with E-state index in [1.807, 2.05) is 0 Å². The zero-order valence-corrected chi connectivity index (χ0v) is 10.6. The third-order valence-corrected chi connectivity index (χ3v) is 3.09. The number of alkyl halides is 3. The maximum atomic E-state index is 12.5. The van der Waals surface area contributed by atoms with E-state index in [-0.39, 0.29) is 11.5 Å². The Kier molecular flexibility index (Phi) is 3.96. The SMILES string of the molecule is FC(F)(F)c1ccc(OC2CCCCO2)c([Si])c1. The van der Waals surface area contributed by atoms with Crippen LogP contribution in [0.15, 0.2) is 18.2 Å². The summed E-state index contributed by atoms with van der Waals surface area (Å²) in [6, 6.07) is 3.32. The fraction of sp³-hybridized carbons (Fsp3) is 0.500. The van der Waals surface area contributed by atoms with E-state index >= 15 is 0 Å². The van der Waals surface area contributed by atoms with Crippen molar-refractivity contribution < 1.29 is 22.6 Å². The highest BCUT2D eigenvalue weighted by atomic mass is 28.1. The van der Waals surface area contributed by atoms with Crippen molar-refractivity contribution in [2.24, 2.45) is 0 Å². The van der Waals surface area contributed by atoms with Crippen LogP contribution < -0.4 is 9.92 Å². The van der Waals surface area contributed by atoms with Crippen molar-refractivity contribution >= 4 is 15.4 Å². The molecule has 1 heterocycles. The predicted octanol–water partition coefficient (Wildman–Crippen LogP) is 2.40. The Morgan fingerprint density at radius 1 is 1.28 bits per heavy atom. The molecule has 0 bridgehead atoms. The van der Waals surface area contributed by atoms with Gasteiger partial charge in [-0.25, -0.2) is 0 Å². The van der Waals surface area contributed by atoms with Crippen molar-refractivity contribution in [1.29, 1.82) is 0 Å². The minimum atomic E-state index is -4.35. The lowest BCUT2D eigenvalue weighted by Gasteiger charge is -2.24. The smallest absolute Gasteiger partial charge is 0.416 e. The summed E-state index contributed by atoms with van der Waals surface area (Å²) in [6.07, 6.45) is -1.96. The summed E-state index contributed by atoms with van der Waals surface area (Å²) in [7, 11) is 3.14. The average molecular weight is 273 g/mol. The molecule has 1 saturated heterocycles. The molecule has 1 aliphatic heterocycles. The molecule has 1 fully saturated rings. The van der Waals surface area contributed by atoms with Crippen molar-refractivity contribution in [2.75, 3.05) is 6.61 Å². The second-order valence-corrected chi connectivity index (χ2v) is 4.66. The van der Waals surface area contributed by atoms with Gasteiger partial charge in [0.25, 0.3) is 0 Å². The van der Waals surface area contributed by atoms with Crippen LogP contribution in [0.25, 0.3) is 0 Å². The van der Waals surface area contributed by atoms with Crippen LogP contribution in [0.4, 0.5) is 13.2 Å². The lowest BCUT2D eigenvalue weighted by atomic mass is 10.2. The predicted molar refractivity (Wildman–Crippen MR) is 61.1 cm³/mol. The van der Waals surface area contributed by atoms with E-state index in [1.165, 1.54) is 6.07 Å². The quantitative estimate of drug-likeness (QED) is 0.770. The molecule has 0 N–H and O–H groups in total. The molecule has 6 heteroatoms. The number of halogens is 3. The Bertz CT molecular complexity index is 414. The lowest BCUT2D eigenvalue weighted by molar-refractivity contribution is -0.137. The van der Waals surface area contributed by atoms with Crippen LogP contribution in [0, 0.1) is 0 Å². The molecule has 1 aromatic carbocycles. The minimum absolute atomic E-state index is 0.277. The average Bonchev–Trinajstić information content (AvgIpc) is 2.32. The van der Waals surface area contributed by atoms with Gasteiger partial charge in [0.1, 0.15) is 5.75 Å². The van der Waals surface area contributed by atoms with Gasteiger partial charge < -0.3 is 9.47 Å². The van der Waals surface area contributed by atoms with Gasteiger partial charge in [0.15, 0.2) is 6.29 Å². The molecule has 2 rings (SSSR count). The van der Waals surface area contributed by atoms with E-state index in [9.17, 15) is 13.2 Å². The molecule has 0 spiro atoms. The Balaban J connectivity index is 2.09. The summed E-state index contributed by atoms with van der Waals surface area (Å²) < 4.78 is 48.3. The largest absolute Gasteiger partial charge is 0.465 e. The molecule has 1 atom stereocenters. The topological polar surface area (TPSA) is 18.5 Å². The fourth-order valence-corrected chi connectivity index (χ4v) is 2.05. The van der Waals surface area contributed by atoms with Crippen molar-refractivity contribution in [3.05, 3.63) is 23.8 Å². The number of rotatable bonds is 2. The third kappa shape index (κ3) is 3.26. The Morgan fingerprint density at radius 2 is 2.06 bits per heavy atom. The van der Waals surface area contributed by atoms with E-state index in [0.717, 1.165) is 31.4 Å². The highest BCUT2D eigenvalue weighted by molar-refractivity contribution is 6.34. The first-order valence-electron chi connectivity index (χ1n) is 5.68. The third-order valence-electron chi connectivity index (χ3n) is 2.70. The number of hydrogen-bond acceptors (Lipinski definition) is 2. The first kappa shape index (κ1) is 13.4. The van der Waals surface area contributed by atoms with Gasteiger partial charge >= 0.3 is 6.18 Å². The highest BCUT2D eigenvalue weighted by Gasteiger charge is 2.31. The standard InChI is InChI=1S/C12H12F3O2Si/c13-12(14,15)8-4-5-9(10(18)7-8)17-11-3-1-2-6-16-11/h4-5,7,11H,1-3,6H2. The van der Waals surface area contributed by atoms with Crippen LogP contribution in [-0.4, -0.2) is 23.1 Å². The molecule has 0 aliphatic carbocycles. The molecule has 97 valence electrons. The van der Waals surface area contributed by atoms with Gasteiger partial charge in [-0.3, -0.25) is 0 Å². The lowest BCUT2D eigenvalue weighted by Crippen LogP contribution is -2.27. The van der Waals surface area contributed by atoms with Gasteiger partial charge in [-0.05, 0) is 36.2 Å². The van der Waals surface area contributed by atoms with Gasteiger partial charge in [-0.15, -0.1) is 0 Å². The monoisotopic (exact) mass is 273 g/mol. The second kappa shape index (κ2) is 5.32. The normalized spacial score (nSPS) is 20.8. The molecule has 18 heavy (non-hydrogen) atoms. The van der Waals surface area contributed by atoms with E-state index < -0.39 is 11.7 Å². The van der Waals surface area contributed by atoms with Gasteiger partial charge in [-0.2, -0.15) is 13.2 Å². The maximum Gasteiger partial charge on any atom is 0.416 e. The summed E-state index contributed by atoms with van der Waals surface area (Å²) in [5.74, 6) is 0.367. The summed E-state index contributed by atoms with van der Waals surface area (Å²) in [5.41, 5.74) is -0.704. The van der Waals surface area contributed by atoms with Crippen LogP contribution in [0.3, 0.4) is 0 Å². The zero-order chi connectivity index (χ0) is 13.2. The minimum Gasteiger partial charge on any atom is -0.465 e. The van der Waals surface area contributed by atoms with Crippen molar-refractivity contribution in [3.63, 3.8) is 0 Å². The molecule has 0 amide bonds. The van der Waals surface area contributed by atoms with Gasteiger partial charge in [0.2, 0.25) is 0 Å². The summed E-state index contributed by atoms with van der Waals surface area (Å²) in [5, 5.41) is 0.277. The molecular formula is C12H12F3O2Si. The molecular weight excluding hydrogens is 261 g/mol. The number of ether oxygens (including phenoxy) is 2. The van der Waals surface area contributed by atoms with E-state index in [1.54, 1.807) is 0 Å². The molecule has 0 aromatic heterocycles. The zero-order valence-electron chi connectivity index (χ0n) is 9.59. The van der Waals surface area contributed by atoms with Crippen LogP contribution in [0.5, 0.6) is 5.75 Å². The van der Waals surface area contributed by atoms with Crippen molar-refractivity contribution in [2.45, 2.75) is 31.7 Å². The maximum absolute atomic E-state index is 12.5. The van der Waals surface area contributed by atoms with Gasteiger partial charge in [0, 0.05) is 6.42 Å². The Hall–Kier alpha value is -1.01. The van der Waals surface area contributed by atoms with Gasteiger partial charge in [-0.1, -0.05) is 0 Å². The van der Waals surface area contributed by atoms with E-state index in [2.05, 4.69) is 10.2 Å². The Labute approximate surface area is 107 Å².